The van der Waals surface area contributed by atoms with Gasteiger partial charge < -0.3 is 15.6 Å². The van der Waals surface area contributed by atoms with Gasteiger partial charge >= 0.3 is 0 Å². The highest BCUT2D eigenvalue weighted by molar-refractivity contribution is 9.11. The summed E-state index contributed by atoms with van der Waals surface area (Å²) >= 11 is 5.23. The lowest BCUT2D eigenvalue weighted by Crippen LogP contribution is -2.52. The number of nitrogens with zero attached hydrogens (tertiary/aromatic N) is 1. The maximum Gasteiger partial charge on any atom is 0.0936 e. The van der Waals surface area contributed by atoms with Crippen molar-refractivity contribution in [1.29, 1.82) is 0 Å². The van der Waals surface area contributed by atoms with Crippen LogP contribution < -0.4 is 5.73 Å². The quantitative estimate of drug-likeness (QED) is 0.873. The van der Waals surface area contributed by atoms with Crippen molar-refractivity contribution >= 4 is 27.3 Å². The van der Waals surface area contributed by atoms with Crippen LogP contribution in [0.25, 0.3) is 0 Å². The third-order valence-electron chi connectivity index (χ3n) is 3.34. The van der Waals surface area contributed by atoms with Crippen molar-refractivity contribution in [3.8, 4) is 0 Å². The molecule has 1 aromatic heterocycles. The normalized spacial score (nSPS) is 28.3. The molecular formula is C13H21BrN2O2S. The van der Waals surface area contributed by atoms with Crippen LogP contribution in [-0.2, 0) is 4.74 Å². The van der Waals surface area contributed by atoms with Crippen LogP contribution in [0.15, 0.2) is 15.9 Å². The SMILES string of the molecule is CC1CN(C(c2ccc(Br)s2)C(C)N)CC(CO)O1. The van der Waals surface area contributed by atoms with Gasteiger partial charge in [-0.15, -0.1) is 11.3 Å². The van der Waals surface area contributed by atoms with E-state index >= 15 is 0 Å². The van der Waals surface area contributed by atoms with Gasteiger partial charge in [-0.05, 0) is 41.9 Å². The van der Waals surface area contributed by atoms with E-state index in [0.717, 1.165) is 16.9 Å². The molecule has 0 aromatic carbocycles. The molecule has 19 heavy (non-hydrogen) atoms. The van der Waals surface area contributed by atoms with E-state index in [1.165, 1.54) is 4.88 Å². The summed E-state index contributed by atoms with van der Waals surface area (Å²) < 4.78 is 6.82. The van der Waals surface area contributed by atoms with Crippen LogP contribution in [0.5, 0.6) is 0 Å². The minimum absolute atomic E-state index is 0.0372. The molecule has 4 unspecified atom stereocenters. The number of hydrogen-bond donors (Lipinski definition) is 2. The molecule has 0 saturated carbocycles. The fourth-order valence-electron chi connectivity index (χ4n) is 2.67. The first kappa shape index (κ1) is 15.4. The molecule has 2 rings (SSSR count). The van der Waals surface area contributed by atoms with Gasteiger partial charge in [-0.1, -0.05) is 0 Å². The first-order chi connectivity index (χ1) is 9.01. The average Bonchev–Trinajstić information content (AvgIpc) is 2.74. The molecule has 1 aliphatic rings. The third-order valence-corrected chi connectivity index (χ3v) is 5.03. The van der Waals surface area contributed by atoms with Gasteiger partial charge in [0.25, 0.3) is 0 Å². The van der Waals surface area contributed by atoms with Crippen LogP contribution >= 0.6 is 27.3 Å². The largest absolute Gasteiger partial charge is 0.394 e. The topological polar surface area (TPSA) is 58.7 Å². The minimum atomic E-state index is -0.117. The number of aliphatic hydroxyl groups excluding tert-OH is 1. The van der Waals surface area contributed by atoms with Crippen LogP contribution in [0, 0.1) is 0 Å². The number of nitrogens with two attached hydrogens (primary N) is 1. The molecule has 4 nitrogen and oxygen atoms in total. The van der Waals surface area contributed by atoms with Crippen molar-refractivity contribution in [3.05, 3.63) is 20.8 Å². The summed E-state index contributed by atoms with van der Waals surface area (Å²) in [6, 6.07) is 4.39. The summed E-state index contributed by atoms with van der Waals surface area (Å²) in [5, 5.41) is 9.33. The molecular weight excluding hydrogens is 328 g/mol. The highest BCUT2D eigenvalue weighted by Crippen LogP contribution is 2.33. The lowest BCUT2D eigenvalue weighted by Gasteiger charge is -2.41. The Morgan fingerprint density at radius 3 is 2.84 bits per heavy atom. The molecule has 1 fully saturated rings. The number of halogens is 1. The first-order valence-electron chi connectivity index (χ1n) is 6.52. The van der Waals surface area contributed by atoms with Crippen LogP contribution in [-0.4, -0.2) is 48.0 Å². The van der Waals surface area contributed by atoms with E-state index in [9.17, 15) is 5.11 Å². The minimum Gasteiger partial charge on any atom is -0.394 e. The van der Waals surface area contributed by atoms with Crippen molar-refractivity contribution in [2.75, 3.05) is 19.7 Å². The first-order valence-corrected chi connectivity index (χ1v) is 8.13. The number of ether oxygens (including phenoxy) is 1. The van der Waals surface area contributed by atoms with Crippen molar-refractivity contribution in [3.63, 3.8) is 0 Å². The lowest BCUT2D eigenvalue weighted by atomic mass is 10.0. The van der Waals surface area contributed by atoms with Gasteiger partial charge in [0, 0.05) is 24.0 Å². The fourth-order valence-corrected chi connectivity index (χ4v) is 4.34. The van der Waals surface area contributed by atoms with E-state index in [1.54, 1.807) is 11.3 Å². The number of hydrogen-bond acceptors (Lipinski definition) is 5. The van der Waals surface area contributed by atoms with Crippen LogP contribution in [0.1, 0.15) is 24.8 Å². The van der Waals surface area contributed by atoms with E-state index < -0.39 is 0 Å². The predicted molar refractivity (Wildman–Crippen MR) is 81.4 cm³/mol. The molecule has 0 aliphatic carbocycles. The Hall–Kier alpha value is 0.0200. The van der Waals surface area contributed by atoms with Gasteiger partial charge in [-0.2, -0.15) is 0 Å². The Morgan fingerprint density at radius 1 is 1.58 bits per heavy atom. The summed E-state index contributed by atoms with van der Waals surface area (Å²) in [5.74, 6) is 0. The zero-order chi connectivity index (χ0) is 14.0. The Labute approximate surface area is 126 Å². The Morgan fingerprint density at radius 2 is 2.32 bits per heavy atom. The molecule has 3 N–H and O–H groups in total. The molecule has 1 saturated heterocycles. The number of thiophene rings is 1. The van der Waals surface area contributed by atoms with Gasteiger partial charge in [0.2, 0.25) is 0 Å². The summed E-state index contributed by atoms with van der Waals surface area (Å²) in [6.07, 6.45) is 0.00366. The van der Waals surface area contributed by atoms with Crippen LogP contribution in [0.2, 0.25) is 0 Å². The third kappa shape index (κ3) is 3.77. The van der Waals surface area contributed by atoms with E-state index in [-0.39, 0.29) is 30.9 Å². The second-order valence-corrected chi connectivity index (χ2v) is 7.65. The number of rotatable bonds is 4. The lowest BCUT2D eigenvalue weighted by molar-refractivity contribution is -0.107. The maximum atomic E-state index is 9.33. The predicted octanol–water partition coefficient (Wildman–Crippen LogP) is 1.98. The van der Waals surface area contributed by atoms with E-state index in [4.69, 9.17) is 10.5 Å². The molecule has 2 heterocycles. The highest BCUT2D eigenvalue weighted by Gasteiger charge is 2.32. The Balaban J connectivity index is 2.19. The molecule has 6 heteroatoms. The van der Waals surface area contributed by atoms with E-state index in [1.807, 2.05) is 13.8 Å². The summed E-state index contributed by atoms with van der Waals surface area (Å²) in [5.41, 5.74) is 6.19. The number of morpholine rings is 1. The van der Waals surface area contributed by atoms with E-state index in [2.05, 4.69) is 33.0 Å². The standard InChI is InChI=1S/C13H21BrN2O2S/c1-8-5-16(6-10(7-17)18-8)13(9(2)15)11-3-4-12(14)19-11/h3-4,8-10,13,17H,5-7,15H2,1-2H3. The van der Waals surface area contributed by atoms with Gasteiger partial charge in [0.1, 0.15) is 0 Å². The van der Waals surface area contributed by atoms with Gasteiger partial charge in [0.15, 0.2) is 0 Å². The molecule has 0 radical (unpaired) electrons. The van der Waals surface area contributed by atoms with Gasteiger partial charge in [-0.25, -0.2) is 0 Å². The van der Waals surface area contributed by atoms with Crippen molar-refractivity contribution in [2.45, 2.75) is 38.1 Å². The van der Waals surface area contributed by atoms with E-state index in [0.29, 0.717) is 0 Å². The van der Waals surface area contributed by atoms with Crippen LogP contribution in [0.3, 0.4) is 0 Å². The van der Waals surface area contributed by atoms with Gasteiger partial charge in [-0.3, -0.25) is 4.90 Å². The Bertz CT molecular complexity index is 413. The molecule has 108 valence electrons. The highest BCUT2D eigenvalue weighted by atomic mass is 79.9. The molecule has 4 atom stereocenters. The monoisotopic (exact) mass is 348 g/mol. The van der Waals surface area contributed by atoms with Gasteiger partial charge in [0.05, 0.1) is 28.6 Å². The van der Waals surface area contributed by atoms with Crippen molar-refractivity contribution in [1.82, 2.24) is 4.90 Å². The zero-order valence-electron chi connectivity index (χ0n) is 11.3. The zero-order valence-corrected chi connectivity index (χ0v) is 13.7. The Kier molecular flexibility index (Phi) is 5.39. The second kappa shape index (κ2) is 6.65. The summed E-state index contributed by atoms with van der Waals surface area (Å²) in [4.78, 5) is 3.59. The second-order valence-electron chi connectivity index (χ2n) is 5.15. The fraction of sp³-hybridized carbons (Fsp3) is 0.692. The van der Waals surface area contributed by atoms with Crippen molar-refractivity contribution < 1.29 is 9.84 Å². The molecule has 0 bridgehead atoms. The molecule has 0 spiro atoms. The molecule has 1 aliphatic heterocycles. The van der Waals surface area contributed by atoms with Crippen LogP contribution in [0.4, 0.5) is 0 Å². The molecule has 0 amide bonds. The van der Waals surface area contributed by atoms with Crippen molar-refractivity contribution in [2.24, 2.45) is 5.73 Å². The maximum absolute atomic E-state index is 9.33. The molecule has 1 aromatic rings. The smallest absolute Gasteiger partial charge is 0.0936 e. The average molecular weight is 349 g/mol. The summed E-state index contributed by atoms with van der Waals surface area (Å²) in [7, 11) is 0. The summed E-state index contributed by atoms with van der Waals surface area (Å²) in [6.45, 7) is 5.70. The number of aliphatic hydroxyl groups is 1.